The molecule has 1 amide bonds. The van der Waals surface area contributed by atoms with E-state index in [2.05, 4.69) is 32.0 Å². The van der Waals surface area contributed by atoms with Crippen molar-refractivity contribution in [2.75, 3.05) is 12.4 Å². The smallest absolute Gasteiger partial charge is 0.230 e. The summed E-state index contributed by atoms with van der Waals surface area (Å²) >= 11 is 5.78. The molecule has 3 heteroatoms. The van der Waals surface area contributed by atoms with Crippen LogP contribution in [0.15, 0.2) is 24.3 Å². The third-order valence-electron chi connectivity index (χ3n) is 4.11. The minimum atomic E-state index is 0.0395. The molecule has 1 aromatic rings. The Labute approximate surface area is 127 Å². The number of fused-ring (bicyclic) bond motifs is 1. The van der Waals surface area contributed by atoms with E-state index in [-0.39, 0.29) is 17.9 Å². The van der Waals surface area contributed by atoms with E-state index in [1.165, 1.54) is 11.1 Å². The maximum atomic E-state index is 12.9. The Morgan fingerprint density at radius 2 is 2.15 bits per heavy atom. The lowest BCUT2D eigenvalue weighted by Crippen LogP contribution is -2.41. The predicted octanol–water partition coefficient (Wildman–Crippen LogP) is 3.97. The Kier molecular flexibility index (Phi) is 5.47. The van der Waals surface area contributed by atoms with E-state index < -0.39 is 0 Å². The molecule has 0 aromatic heterocycles. The number of alkyl halides is 1. The number of amides is 1. The van der Waals surface area contributed by atoms with Crippen LogP contribution in [0.5, 0.6) is 0 Å². The molecule has 0 saturated heterocycles. The molecule has 0 aliphatic heterocycles. The zero-order valence-corrected chi connectivity index (χ0v) is 13.2. The van der Waals surface area contributed by atoms with Crippen molar-refractivity contribution in [3.63, 3.8) is 0 Å². The van der Waals surface area contributed by atoms with Crippen LogP contribution < -0.4 is 0 Å². The van der Waals surface area contributed by atoms with Crippen LogP contribution in [-0.2, 0) is 11.2 Å². The number of hydrogen-bond donors (Lipinski definition) is 0. The van der Waals surface area contributed by atoms with Gasteiger partial charge in [0.1, 0.15) is 0 Å². The molecule has 2 nitrogen and oxygen atoms in total. The van der Waals surface area contributed by atoms with Crippen LogP contribution in [0.2, 0.25) is 0 Å². The molecule has 0 fully saturated rings. The van der Waals surface area contributed by atoms with Gasteiger partial charge in [-0.05, 0) is 50.7 Å². The fourth-order valence-electron chi connectivity index (χ4n) is 3.06. The van der Waals surface area contributed by atoms with Gasteiger partial charge in [0.25, 0.3) is 0 Å². The summed E-state index contributed by atoms with van der Waals surface area (Å²) in [5, 5.41) is 0. The van der Waals surface area contributed by atoms with Gasteiger partial charge in [0.15, 0.2) is 0 Å². The maximum Gasteiger partial charge on any atom is 0.230 e. The van der Waals surface area contributed by atoms with E-state index in [1.807, 2.05) is 11.0 Å². The molecule has 1 aliphatic carbocycles. The first-order valence-electron chi connectivity index (χ1n) is 7.59. The second-order valence-electron chi connectivity index (χ2n) is 5.81. The number of aryl methyl sites for hydroxylation is 1. The van der Waals surface area contributed by atoms with Gasteiger partial charge in [-0.3, -0.25) is 4.79 Å². The van der Waals surface area contributed by atoms with Crippen LogP contribution in [0, 0.1) is 0 Å². The molecule has 1 aliphatic rings. The summed E-state index contributed by atoms with van der Waals surface area (Å²) in [6, 6.07) is 8.63. The second kappa shape index (κ2) is 7.12. The summed E-state index contributed by atoms with van der Waals surface area (Å²) in [5.74, 6) is 0.924. The van der Waals surface area contributed by atoms with Crippen molar-refractivity contribution in [3.8, 4) is 0 Å². The third-order valence-corrected chi connectivity index (χ3v) is 4.37. The average molecular weight is 294 g/mol. The molecule has 1 aromatic carbocycles. The van der Waals surface area contributed by atoms with Crippen molar-refractivity contribution in [1.82, 2.24) is 4.90 Å². The van der Waals surface area contributed by atoms with Crippen LogP contribution in [0.1, 0.15) is 50.2 Å². The molecule has 0 radical (unpaired) electrons. The van der Waals surface area contributed by atoms with Gasteiger partial charge in [-0.1, -0.05) is 24.3 Å². The van der Waals surface area contributed by atoms with E-state index in [1.54, 1.807) is 0 Å². The first-order valence-corrected chi connectivity index (χ1v) is 8.13. The highest BCUT2D eigenvalue weighted by Gasteiger charge is 2.30. The van der Waals surface area contributed by atoms with Gasteiger partial charge in [0.05, 0.1) is 5.92 Å². The van der Waals surface area contributed by atoms with Gasteiger partial charge in [-0.15, -0.1) is 11.6 Å². The van der Waals surface area contributed by atoms with Crippen molar-refractivity contribution in [1.29, 1.82) is 0 Å². The molecular formula is C17H24ClNO. The van der Waals surface area contributed by atoms with Crippen LogP contribution in [0.25, 0.3) is 0 Å². The second-order valence-corrected chi connectivity index (χ2v) is 6.19. The Balaban J connectivity index is 2.20. The molecule has 2 rings (SSSR count). The molecule has 0 N–H and O–H groups in total. The molecule has 1 atom stereocenters. The highest BCUT2D eigenvalue weighted by molar-refractivity contribution is 6.17. The molecule has 20 heavy (non-hydrogen) atoms. The lowest BCUT2D eigenvalue weighted by molar-refractivity contribution is -0.134. The van der Waals surface area contributed by atoms with Crippen LogP contribution in [0.3, 0.4) is 0 Å². The van der Waals surface area contributed by atoms with E-state index in [0.29, 0.717) is 5.88 Å². The number of halogens is 1. The van der Waals surface area contributed by atoms with Crippen LogP contribution in [0.4, 0.5) is 0 Å². The van der Waals surface area contributed by atoms with Gasteiger partial charge in [0.2, 0.25) is 5.91 Å². The van der Waals surface area contributed by atoms with Crippen LogP contribution in [-0.4, -0.2) is 29.3 Å². The van der Waals surface area contributed by atoms with E-state index >= 15 is 0 Å². The average Bonchev–Trinajstić information content (AvgIpc) is 2.46. The highest BCUT2D eigenvalue weighted by atomic mass is 35.5. The van der Waals surface area contributed by atoms with Crippen molar-refractivity contribution >= 4 is 17.5 Å². The molecule has 0 bridgehead atoms. The number of hydrogen-bond acceptors (Lipinski definition) is 1. The van der Waals surface area contributed by atoms with Crippen molar-refractivity contribution < 1.29 is 4.79 Å². The first-order chi connectivity index (χ1) is 9.65. The Hall–Kier alpha value is -1.02. The molecular weight excluding hydrogens is 270 g/mol. The van der Waals surface area contributed by atoms with Gasteiger partial charge in [-0.25, -0.2) is 0 Å². The van der Waals surface area contributed by atoms with Crippen molar-refractivity contribution in [2.45, 2.75) is 51.5 Å². The number of nitrogens with zero attached hydrogens (tertiary/aromatic N) is 1. The van der Waals surface area contributed by atoms with Gasteiger partial charge < -0.3 is 4.90 Å². The van der Waals surface area contributed by atoms with Gasteiger partial charge in [0, 0.05) is 18.5 Å². The summed E-state index contributed by atoms with van der Waals surface area (Å²) in [4.78, 5) is 14.9. The standard InChI is InChI=1S/C17H24ClNO/c1-13(2)19(12-6-11-18)17(20)16-10-5-8-14-7-3-4-9-15(14)16/h3-4,7,9,13,16H,5-6,8,10-12H2,1-2H3. The first kappa shape index (κ1) is 15.4. The quantitative estimate of drug-likeness (QED) is 0.752. The minimum absolute atomic E-state index is 0.0395. The summed E-state index contributed by atoms with van der Waals surface area (Å²) in [7, 11) is 0. The van der Waals surface area contributed by atoms with Crippen LogP contribution >= 0.6 is 11.6 Å². The lowest BCUT2D eigenvalue weighted by Gasteiger charge is -2.33. The van der Waals surface area contributed by atoms with E-state index in [4.69, 9.17) is 11.6 Å². The molecule has 0 heterocycles. The highest BCUT2D eigenvalue weighted by Crippen LogP contribution is 2.33. The number of benzene rings is 1. The summed E-state index contributed by atoms with van der Waals surface area (Å²) in [5.41, 5.74) is 2.58. The third kappa shape index (κ3) is 3.35. The molecule has 0 saturated carbocycles. The number of carbonyl (C=O) groups is 1. The lowest BCUT2D eigenvalue weighted by atomic mass is 9.82. The normalized spacial score (nSPS) is 17.9. The largest absolute Gasteiger partial charge is 0.340 e. The summed E-state index contributed by atoms with van der Waals surface area (Å²) < 4.78 is 0. The Morgan fingerprint density at radius 1 is 1.40 bits per heavy atom. The zero-order chi connectivity index (χ0) is 14.5. The van der Waals surface area contributed by atoms with E-state index in [9.17, 15) is 4.79 Å². The van der Waals surface area contributed by atoms with Crippen molar-refractivity contribution in [2.24, 2.45) is 0 Å². The van der Waals surface area contributed by atoms with Gasteiger partial charge >= 0.3 is 0 Å². The fraction of sp³-hybridized carbons (Fsp3) is 0.588. The fourth-order valence-corrected chi connectivity index (χ4v) is 3.18. The summed E-state index contributed by atoms with van der Waals surface area (Å²) in [6.07, 6.45) is 4.04. The topological polar surface area (TPSA) is 20.3 Å². The van der Waals surface area contributed by atoms with Gasteiger partial charge in [-0.2, -0.15) is 0 Å². The minimum Gasteiger partial charge on any atom is -0.340 e. The van der Waals surface area contributed by atoms with E-state index in [0.717, 1.165) is 32.2 Å². The maximum absolute atomic E-state index is 12.9. The number of rotatable bonds is 5. The zero-order valence-electron chi connectivity index (χ0n) is 12.4. The Bertz CT molecular complexity index is 458. The summed E-state index contributed by atoms with van der Waals surface area (Å²) in [6.45, 7) is 4.93. The SMILES string of the molecule is CC(C)N(CCCCl)C(=O)C1CCCc2ccccc21. The molecule has 0 spiro atoms. The predicted molar refractivity (Wildman–Crippen MR) is 84.3 cm³/mol. The Morgan fingerprint density at radius 3 is 2.85 bits per heavy atom. The molecule has 110 valence electrons. The van der Waals surface area contributed by atoms with Crippen molar-refractivity contribution in [3.05, 3.63) is 35.4 Å². The molecule has 1 unspecified atom stereocenters. The monoisotopic (exact) mass is 293 g/mol. The number of carbonyl (C=O) groups excluding carboxylic acids is 1.